The zero-order valence-corrected chi connectivity index (χ0v) is 15.6. The van der Waals surface area contributed by atoms with E-state index in [0.717, 1.165) is 16.9 Å². The van der Waals surface area contributed by atoms with Crippen molar-refractivity contribution in [3.8, 4) is 0 Å². The molecule has 1 N–H and O–H groups in total. The van der Waals surface area contributed by atoms with Crippen LogP contribution in [0.1, 0.15) is 20.9 Å². The van der Waals surface area contributed by atoms with E-state index in [-0.39, 0.29) is 11.8 Å². The minimum Gasteiger partial charge on any atom is -0.344 e. The van der Waals surface area contributed by atoms with Crippen LogP contribution in [0, 0.1) is 6.92 Å². The fraction of sp³-hybridized carbons (Fsp3) is 0.188. The molecule has 1 heterocycles. The Morgan fingerprint density at radius 3 is 2.58 bits per heavy atom. The maximum Gasteiger partial charge on any atom is 0.265 e. The van der Waals surface area contributed by atoms with Gasteiger partial charge in [0, 0.05) is 20.2 Å². The lowest BCUT2D eigenvalue weighted by Gasteiger charge is -2.07. The molecule has 8 heteroatoms. The quantitative estimate of drug-likeness (QED) is 0.807. The first-order chi connectivity index (χ1) is 11.3. The van der Waals surface area contributed by atoms with Crippen LogP contribution in [0.25, 0.3) is 6.08 Å². The van der Waals surface area contributed by atoms with Crippen LogP contribution in [0.15, 0.2) is 24.3 Å². The van der Waals surface area contributed by atoms with Gasteiger partial charge in [0.1, 0.15) is 4.88 Å². The molecule has 2 rings (SSSR count). The SMILES string of the molecule is Cc1nc(NC(=O)/C=C/c2ccc(Cl)c(Cl)c2)sc1C(=O)N(C)C. The van der Waals surface area contributed by atoms with Gasteiger partial charge >= 0.3 is 0 Å². The third kappa shape index (κ3) is 4.56. The largest absolute Gasteiger partial charge is 0.344 e. The molecule has 2 aromatic rings. The van der Waals surface area contributed by atoms with E-state index in [1.807, 2.05) is 0 Å². The summed E-state index contributed by atoms with van der Waals surface area (Å²) in [7, 11) is 3.33. The Balaban J connectivity index is 2.07. The van der Waals surface area contributed by atoms with Gasteiger partial charge in [-0.15, -0.1) is 0 Å². The lowest BCUT2D eigenvalue weighted by molar-refractivity contribution is -0.111. The smallest absolute Gasteiger partial charge is 0.265 e. The highest BCUT2D eigenvalue weighted by atomic mass is 35.5. The minimum atomic E-state index is -0.348. The van der Waals surface area contributed by atoms with Crippen molar-refractivity contribution in [3.05, 3.63) is 50.5 Å². The van der Waals surface area contributed by atoms with Crippen LogP contribution >= 0.6 is 34.5 Å². The fourth-order valence-electron chi connectivity index (χ4n) is 1.79. The van der Waals surface area contributed by atoms with Gasteiger partial charge in [0.25, 0.3) is 5.91 Å². The fourth-order valence-corrected chi connectivity index (χ4v) is 3.08. The second-order valence-electron chi connectivity index (χ2n) is 5.13. The Kier molecular flexibility index (Phi) is 5.99. The standard InChI is InChI=1S/C16H15Cl2N3O2S/c1-9-14(15(23)21(2)3)24-16(19-9)20-13(22)7-5-10-4-6-11(17)12(18)8-10/h4-8H,1-3H3,(H,19,20,22)/b7-5+. The number of nitrogens with zero attached hydrogens (tertiary/aromatic N) is 2. The molecule has 0 saturated carbocycles. The number of hydrogen-bond donors (Lipinski definition) is 1. The molecule has 0 atom stereocenters. The van der Waals surface area contributed by atoms with E-state index in [1.54, 1.807) is 45.3 Å². The lowest BCUT2D eigenvalue weighted by Crippen LogP contribution is -2.21. The van der Waals surface area contributed by atoms with Gasteiger partial charge in [0.15, 0.2) is 5.13 Å². The normalized spacial score (nSPS) is 10.9. The highest BCUT2D eigenvalue weighted by Crippen LogP contribution is 2.24. The summed E-state index contributed by atoms with van der Waals surface area (Å²) in [5.74, 6) is -0.490. The highest BCUT2D eigenvalue weighted by Gasteiger charge is 2.17. The van der Waals surface area contributed by atoms with Gasteiger partial charge in [0.2, 0.25) is 5.91 Å². The number of hydrogen-bond acceptors (Lipinski definition) is 4. The molecule has 24 heavy (non-hydrogen) atoms. The number of thiazole rings is 1. The number of carbonyl (C=O) groups excluding carboxylic acids is 2. The third-order valence-electron chi connectivity index (χ3n) is 3.00. The highest BCUT2D eigenvalue weighted by molar-refractivity contribution is 7.17. The molecule has 0 unspecified atom stereocenters. The van der Waals surface area contributed by atoms with Crippen molar-refractivity contribution >= 4 is 57.6 Å². The molecule has 2 amide bonds. The van der Waals surface area contributed by atoms with Gasteiger partial charge in [-0.2, -0.15) is 0 Å². The Morgan fingerprint density at radius 1 is 1.25 bits per heavy atom. The summed E-state index contributed by atoms with van der Waals surface area (Å²) >= 11 is 12.9. The summed E-state index contributed by atoms with van der Waals surface area (Å²) < 4.78 is 0. The van der Waals surface area contributed by atoms with Crippen LogP contribution in [-0.4, -0.2) is 35.8 Å². The number of rotatable bonds is 4. The molecule has 5 nitrogen and oxygen atoms in total. The molecule has 126 valence electrons. The molecule has 0 aliphatic carbocycles. The topological polar surface area (TPSA) is 62.3 Å². The van der Waals surface area contributed by atoms with Gasteiger partial charge in [-0.1, -0.05) is 40.6 Å². The van der Waals surface area contributed by atoms with E-state index in [4.69, 9.17) is 23.2 Å². The summed E-state index contributed by atoms with van der Waals surface area (Å²) in [6, 6.07) is 5.07. The van der Waals surface area contributed by atoms with Crippen molar-refractivity contribution in [1.29, 1.82) is 0 Å². The van der Waals surface area contributed by atoms with Crippen molar-refractivity contribution in [3.63, 3.8) is 0 Å². The predicted molar refractivity (Wildman–Crippen MR) is 99.0 cm³/mol. The van der Waals surface area contributed by atoms with Crippen molar-refractivity contribution < 1.29 is 9.59 Å². The van der Waals surface area contributed by atoms with Crippen LogP contribution in [0.4, 0.5) is 5.13 Å². The van der Waals surface area contributed by atoms with Gasteiger partial charge < -0.3 is 4.90 Å². The van der Waals surface area contributed by atoms with Crippen LogP contribution < -0.4 is 5.32 Å². The number of benzene rings is 1. The summed E-state index contributed by atoms with van der Waals surface area (Å²) in [5, 5.41) is 3.89. The zero-order valence-electron chi connectivity index (χ0n) is 13.3. The third-order valence-corrected chi connectivity index (χ3v) is 4.80. The zero-order chi connectivity index (χ0) is 17.9. The maximum absolute atomic E-state index is 12.0. The summed E-state index contributed by atoms with van der Waals surface area (Å²) in [5.41, 5.74) is 1.33. The summed E-state index contributed by atoms with van der Waals surface area (Å²) in [6.07, 6.45) is 2.98. The average molecular weight is 384 g/mol. The maximum atomic E-state index is 12.0. The molecule has 0 aliphatic rings. The van der Waals surface area contributed by atoms with Crippen LogP contribution in [0.2, 0.25) is 10.0 Å². The molecule has 0 spiro atoms. The van der Waals surface area contributed by atoms with Crippen LogP contribution in [0.3, 0.4) is 0 Å². The molecular weight excluding hydrogens is 369 g/mol. The number of carbonyl (C=O) groups is 2. The first-order valence-electron chi connectivity index (χ1n) is 6.91. The van der Waals surface area contributed by atoms with E-state index in [1.165, 1.54) is 11.0 Å². The van der Waals surface area contributed by atoms with Crippen molar-refractivity contribution in [2.75, 3.05) is 19.4 Å². The number of nitrogens with one attached hydrogen (secondary N) is 1. The first kappa shape index (κ1) is 18.4. The Bertz CT molecular complexity index is 816. The number of aryl methyl sites for hydroxylation is 1. The van der Waals surface area contributed by atoms with Gasteiger partial charge in [-0.25, -0.2) is 4.98 Å². The van der Waals surface area contributed by atoms with E-state index in [9.17, 15) is 9.59 Å². The van der Waals surface area contributed by atoms with Gasteiger partial charge in [-0.05, 0) is 30.7 Å². The number of amides is 2. The van der Waals surface area contributed by atoms with E-state index < -0.39 is 0 Å². The monoisotopic (exact) mass is 383 g/mol. The predicted octanol–water partition coefficient (Wildman–Crippen LogP) is 4.11. The van der Waals surface area contributed by atoms with E-state index in [0.29, 0.717) is 25.7 Å². The molecular formula is C16H15Cl2N3O2S. The molecule has 0 aliphatic heterocycles. The molecule has 1 aromatic carbocycles. The average Bonchev–Trinajstić information content (AvgIpc) is 2.88. The summed E-state index contributed by atoms with van der Waals surface area (Å²) in [4.78, 5) is 30.1. The second-order valence-corrected chi connectivity index (χ2v) is 6.94. The molecule has 0 bridgehead atoms. The number of halogens is 2. The number of aromatic nitrogens is 1. The van der Waals surface area contributed by atoms with Crippen LogP contribution in [-0.2, 0) is 4.79 Å². The van der Waals surface area contributed by atoms with Crippen LogP contribution in [0.5, 0.6) is 0 Å². The van der Waals surface area contributed by atoms with Crippen molar-refractivity contribution in [2.45, 2.75) is 6.92 Å². The molecule has 0 radical (unpaired) electrons. The van der Waals surface area contributed by atoms with Gasteiger partial charge in [-0.3, -0.25) is 14.9 Å². The summed E-state index contributed by atoms with van der Waals surface area (Å²) in [6.45, 7) is 1.73. The second kappa shape index (κ2) is 7.79. The number of anilines is 1. The van der Waals surface area contributed by atoms with Crippen molar-refractivity contribution in [1.82, 2.24) is 9.88 Å². The van der Waals surface area contributed by atoms with Crippen molar-refractivity contribution in [2.24, 2.45) is 0 Å². The van der Waals surface area contributed by atoms with E-state index in [2.05, 4.69) is 10.3 Å². The Labute approximate surface area is 153 Å². The van der Waals surface area contributed by atoms with Gasteiger partial charge in [0.05, 0.1) is 15.7 Å². The Hall–Kier alpha value is -1.89. The molecule has 0 saturated heterocycles. The Morgan fingerprint density at radius 2 is 1.96 bits per heavy atom. The minimum absolute atomic E-state index is 0.142. The lowest BCUT2D eigenvalue weighted by atomic mass is 10.2. The van der Waals surface area contributed by atoms with E-state index >= 15 is 0 Å². The molecule has 1 aromatic heterocycles. The first-order valence-corrected chi connectivity index (χ1v) is 8.48. The molecule has 0 fully saturated rings.